The number of carbonyl (C=O) groups excluding carboxylic acids is 1. The second-order valence-corrected chi connectivity index (χ2v) is 2.75. The maximum atomic E-state index is 11.0. The molecular weight excluding hydrogens is 192 g/mol. The third-order valence-electron chi connectivity index (χ3n) is 1.66. The standard InChI is InChI=1S/C8H12O6/c1-14-8(13)5(4-7(11)12)2-3-6(9)10/h5H,2-4H2,1H3,(H,9,10)(H,11,12). The number of carboxylic acid groups (broad SMARTS) is 2. The number of carbonyl (C=O) groups is 3. The van der Waals surface area contributed by atoms with Crippen molar-refractivity contribution in [2.24, 2.45) is 5.92 Å². The molecule has 0 fully saturated rings. The van der Waals surface area contributed by atoms with Crippen molar-refractivity contribution < 1.29 is 29.3 Å². The molecule has 0 saturated carbocycles. The smallest absolute Gasteiger partial charge is 0.309 e. The normalized spacial score (nSPS) is 11.8. The first kappa shape index (κ1) is 12.4. The van der Waals surface area contributed by atoms with Crippen LogP contribution in [0.15, 0.2) is 0 Å². The highest BCUT2D eigenvalue weighted by Gasteiger charge is 2.22. The molecule has 0 heterocycles. The lowest BCUT2D eigenvalue weighted by molar-refractivity contribution is -0.151. The number of hydrogen-bond donors (Lipinski definition) is 2. The molecule has 2 N–H and O–H groups in total. The fourth-order valence-electron chi connectivity index (χ4n) is 0.978. The Balaban J connectivity index is 4.17. The van der Waals surface area contributed by atoms with Gasteiger partial charge in [-0.25, -0.2) is 0 Å². The minimum absolute atomic E-state index is 0.0195. The predicted octanol–water partition coefficient (Wildman–Crippen LogP) is 0.115. The summed E-state index contributed by atoms with van der Waals surface area (Å²) in [5.74, 6) is -3.78. The monoisotopic (exact) mass is 204 g/mol. The number of carboxylic acids is 2. The summed E-state index contributed by atoms with van der Waals surface area (Å²) in [6, 6.07) is 0. The Morgan fingerprint density at radius 1 is 1.21 bits per heavy atom. The van der Waals surface area contributed by atoms with Gasteiger partial charge in [-0.05, 0) is 6.42 Å². The summed E-state index contributed by atoms with van der Waals surface area (Å²) in [5, 5.41) is 16.8. The molecule has 0 aromatic rings. The molecule has 0 aromatic heterocycles. The van der Waals surface area contributed by atoms with Gasteiger partial charge >= 0.3 is 17.9 Å². The second-order valence-electron chi connectivity index (χ2n) is 2.75. The summed E-state index contributed by atoms with van der Waals surface area (Å²) in [6.07, 6.45) is -0.665. The van der Waals surface area contributed by atoms with Crippen LogP contribution in [-0.4, -0.2) is 35.2 Å². The maximum Gasteiger partial charge on any atom is 0.309 e. The van der Waals surface area contributed by atoms with E-state index < -0.39 is 30.2 Å². The van der Waals surface area contributed by atoms with E-state index >= 15 is 0 Å². The van der Waals surface area contributed by atoms with Crippen molar-refractivity contribution in [3.05, 3.63) is 0 Å². The number of esters is 1. The lowest BCUT2D eigenvalue weighted by atomic mass is 10.00. The molecule has 14 heavy (non-hydrogen) atoms. The fourth-order valence-corrected chi connectivity index (χ4v) is 0.978. The van der Waals surface area contributed by atoms with Gasteiger partial charge in [0.1, 0.15) is 0 Å². The number of rotatable bonds is 6. The SMILES string of the molecule is COC(=O)C(CCC(=O)O)CC(=O)O. The van der Waals surface area contributed by atoms with E-state index in [2.05, 4.69) is 4.74 Å². The maximum absolute atomic E-state index is 11.0. The molecule has 0 saturated heterocycles. The molecule has 0 rings (SSSR count). The Morgan fingerprint density at radius 3 is 2.14 bits per heavy atom. The Hall–Kier alpha value is -1.59. The highest BCUT2D eigenvalue weighted by Crippen LogP contribution is 2.13. The van der Waals surface area contributed by atoms with E-state index in [0.717, 1.165) is 7.11 Å². The van der Waals surface area contributed by atoms with Crippen molar-refractivity contribution in [2.45, 2.75) is 19.3 Å². The molecule has 0 radical (unpaired) electrons. The van der Waals surface area contributed by atoms with Gasteiger partial charge in [-0.3, -0.25) is 14.4 Å². The first-order chi connectivity index (χ1) is 6.47. The molecular formula is C8H12O6. The van der Waals surface area contributed by atoms with Crippen molar-refractivity contribution in [3.63, 3.8) is 0 Å². The van der Waals surface area contributed by atoms with Crippen molar-refractivity contribution in [1.82, 2.24) is 0 Å². The second kappa shape index (κ2) is 5.95. The van der Waals surface area contributed by atoms with Crippen LogP contribution in [0, 0.1) is 5.92 Å². The Bertz CT molecular complexity index is 234. The van der Waals surface area contributed by atoms with E-state index in [1.807, 2.05) is 0 Å². The van der Waals surface area contributed by atoms with Crippen LogP contribution in [-0.2, 0) is 19.1 Å². The van der Waals surface area contributed by atoms with Crippen molar-refractivity contribution in [1.29, 1.82) is 0 Å². The highest BCUT2D eigenvalue weighted by atomic mass is 16.5. The topological polar surface area (TPSA) is 101 Å². The summed E-state index contributed by atoms with van der Waals surface area (Å²) in [6.45, 7) is 0. The molecule has 0 amide bonds. The molecule has 6 heteroatoms. The molecule has 80 valence electrons. The van der Waals surface area contributed by atoms with Gasteiger partial charge in [0, 0.05) is 6.42 Å². The highest BCUT2D eigenvalue weighted by molar-refractivity contribution is 5.79. The van der Waals surface area contributed by atoms with Gasteiger partial charge in [0.2, 0.25) is 0 Å². The average Bonchev–Trinajstić information content (AvgIpc) is 2.10. The summed E-state index contributed by atoms with van der Waals surface area (Å²) in [7, 11) is 1.14. The van der Waals surface area contributed by atoms with E-state index in [-0.39, 0.29) is 12.8 Å². The molecule has 0 spiro atoms. The summed E-state index contributed by atoms with van der Waals surface area (Å²) in [4.78, 5) is 31.5. The Morgan fingerprint density at radius 2 is 1.79 bits per heavy atom. The molecule has 0 bridgehead atoms. The average molecular weight is 204 g/mol. The van der Waals surface area contributed by atoms with Crippen LogP contribution in [0.25, 0.3) is 0 Å². The molecule has 0 aliphatic heterocycles. The van der Waals surface area contributed by atoms with Crippen molar-refractivity contribution in [3.8, 4) is 0 Å². The molecule has 1 atom stereocenters. The van der Waals surface area contributed by atoms with E-state index in [9.17, 15) is 14.4 Å². The molecule has 0 aliphatic rings. The Kier molecular flexibility index (Phi) is 5.28. The Labute approximate surface area is 80.5 Å². The van der Waals surface area contributed by atoms with Gasteiger partial charge in [-0.15, -0.1) is 0 Å². The van der Waals surface area contributed by atoms with Gasteiger partial charge in [-0.2, -0.15) is 0 Å². The van der Waals surface area contributed by atoms with Crippen molar-refractivity contribution >= 4 is 17.9 Å². The minimum Gasteiger partial charge on any atom is -0.481 e. The summed E-state index contributed by atoms with van der Waals surface area (Å²) in [5.41, 5.74) is 0. The number of ether oxygens (including phenoxy) is 1. The minimum atomic E-state index is -1.15. The molecule has 1 unspecified atom stereocenters. The third kappa shape index (κ3) is 5.13. The van der Waals surface area contributed by atoms with Gasteiger partial charge in [-0.1, -0.05) is 0 Å². The van der Waals surface area contributed by atoms with Gasteiger partial charge in [0.25, 0.3) is 0 Å². The summed E-state index contributed by atoms with van der Waals surface area (Å²) < 4.78 is 4.35. The lowest BCUT2D eigenvalue weighted by Crippen LogP contribution is -2.20. The predicted molar refractivity (Wildman–Crippen MR) is 44.6 cm³/mol. The van der Waals surface area contributed by atoms with Crippen LogP contribution < -0.4 is 0 Å². The third-order valence-corrected chi connectivity index (χ3v) is 1.66. The molecule has 6 nitrogen and oxygen atoms in total. The van der Waals surface area contributed by atoms with Crippen LogP contribution in [0.2, 0.25) is 0 Å². The van der Waals surface area contributed by atoms with Crippen LogP contribution in [0.4, 0.5) is 0 Å². The van der Waals surface area contributed by atoms with Gasteiger partial charge < -0.3 is 14.9 Å². The zero-order chi connectivity index (χ0) is 11.1. The van der Waals surface area contributed by atoms with E-state index in [0.29, 0.717) is 0 Å². The van der Waals surface area contributed by atoms with E-state index in [1.54, 1.807) is 0 Å². The van der Waals surface area contributed by atoms with Crippen LogP contribution in [0.3, 0.4) is 0 Å². The number of methoxy groups -OCH3 is 1. The van der Waals surface area contributed by atoms with Gasteiger partial charge in [0.05, 0.1) is 19.4 Å². The number of hydrogen-bond acceptors (Lipinski definition) is 4. The lowest BCUT2D eigenvalue weighted by Gasteiger charge is -2.10. The first-order valence-corrected chi connectivity index (χ1v) is 3.98. The molecule has 0 aromatic carbocycles. The zero-order valence-corrected chi connectivity index (χ0v) is 7.73. The van der Waals surface area contributed by atoms with Crippen LogP contribution >= 0.6 is 0 Å². The fraction of sp³-hybridized carbons (Fsp3) is 0.625. The number of aliphatic carboxylic acids is 2. The van der Waals surface area contributed by atoms with Crippen LogP contribution in [0.1, 0.15) is 19.3 Å². The largest absolute Gasteiger partial charge is 0.481 e. The summed E-state index contributed by atoms with van der Waals surface area (Å²) >= 11 is 0. The zero-order valence-electron chi connectivity index (χ0n) is 7.73. The van der Waals surface area contributed by atoms with Crippen LogP contribution in [0.5, 0.6) is 0 Å². The van der Waals surface area contributed by atoms with Gasteiger partial charge in [0.15, 0.2) is 0 Å². The van der Waals surface area contributed by atoms with E-state index in [1.165, 1.54) is 0 Å². The quantitative estimate of drug-likeness (QED) is 0.595. The van der Waals surface area contributed by atoms with Crippen molar-refractivity contribution in [2.75, 3.05) is 7.11 Å². The van der Waals surface area contributed by atoms with E-state index in [4.69, 9.17) is 10.2 Å². The molecule has 0 aliphatic carbocycles. The first-order valence-electron chi connectivity index (χ1n) is 3.98.